The van der Waals surface area contributed by atoms with Crippen molar-refractivity contribution in [2.24, 2.45) is 0 Å². The lowest BCUT2D eigenvalue weighted by Crippen LogP contribution is -2.38. The Morgan fingerprint density at radius 2 is 1.82 bits per heavy atom. The lowest BCUT2D eigenvalue weighted by atomic mass is 9.95. The molecule has 1 aliphatic heterocycles. The minimum absolute atomic E-state index is 0.0985. The SMILES string of the molecule is COc1ccccc1OCC(=O)c1ccc2c(c1)N(Cc1ccc(C(=O)NC3CCCCC3)o1)C(=O)CO2. The molecule has 1 saturated carbocycles. The Morgan fingerprint density at radius 1 is 1.03 bits per heavy atom. The van der Waals surface area contributed by atoms with Crippen LogP contribution in [0, 0.1) is 0 Å². The Hall–Kier alpha value is -4.27. The third kappa shape index (κ3) is 5.66. The molecule has 198 valence electrons. The lowest BCUT2D eigenvalue weighted by molar-refractivity contribution is -0.121. The molecule has 0 atom stereocenters. The highest BCUT2D eigenvalue weighted by molar-refractivity contribution is 6.02. The monoisotopic (exact) mass is 518 g/mol. The van der Waals surface area contributed by atoms with Gasteiger partial charge in [0.2, 0.25) is 0 Å². The molecule has 9 nitrogen and oxygen atoms in total. The fraction of sp³-hybridized carbons (Fsp3) is 0.345. The Bertz CT molecular complexity index is 1330. The number of benzene rings is 2. The van der Waals surface area contributed by atoms with Crippen LogP contribution in [-0.2, 0) is 11.3 Å². The predicted molar refractivity (Wildman–Crippen MR) is 139 cm³/mol. The van der Waals surface area contributed by atoms with Gasteiger partial charge in [-0.2, -0.15) is 0 Å². The van der Waals surface area contributed by atoms with Crippen LogP contribution in [0.5, 0.6) is 17.2 Å². The van der Waals surface area contributed by atoms with E-state index in [0.717, 1.165) is 25.7 Å². The molecule has 0 radical (unpaired) electrons. The standard InChI is InChI=1S/C29H30N2O7/c1-35-25-9-5-6-10-26(25)36-17-23(32)19-11-13-24-22(15-19)31(28(33)18-37-24)16-21-12-14-27(38-21)29(34)30-20-7-3-2-4-8-20/h5-6,9-15,20H,2-4,7-8,16-18H2,1H3,(H,30,34). The second-order valence-corrected chi connectivity index (χ2v) is 9.39. The summed E-state index contributed by atoms with van der Waals surface area (Å²) in [4.78, 5) is 39.8. The molecule has 0 saturated heterocycles. The first-order valence-electron chi connectivity index (χ1n) is 12.8. The third-order valence-corrected chi connectivity index (χ3v) is 6.79. The number of methoxy groups -OCH3 is 1. The van der Waals surface area contributed by atoms with Gasteiger partial charge in [0.05, 0.1) is 19.3 Å². The fourth-order valence-corrected chi connectivity index (χ4v) is 4.76. The topological polar surface area (TPSA) is 107 Å². The zero-order chi connectivity index (χ0) is 26.5. The van der Waals surface area contributed by atoms with Gasteiger partial charge in [0.1, 0.15) is 11.5 Å². The summed E-state index contributed by atoms with van der Waals surface area (Å²) in [5.74, 6) is 1.34. The molecule has 0 unspecified atom stereocenters. The minimum Gasteiger partial charge on any atom is -0.493 e. The Labute approximate surface area is 220 Å². The number of nitrogens with one attached hydrogen (secondary N) is 1. The minimum atomic E-state index is -0.281. The van der Waals surface area contributed by atoms with Crippen LogP contribution in [0.2, 0.25) is 0 Å². The summed E-state index contributed by atoms with van der Waals surface area (Å²) in [5, 5.41) is 3.04. The first kappa shape index (κ1) is 25.4. The largest absolute Gasteiger partial charge is 0.493 e. The molecule has 2 aliphatic rings. The second-order valence-electron chi connectivity index (χ2n) is 9.39. The number of fused-ring (bicyclic) bond motifs is 1. The zero-order valence-electron chi connectivity index (χ0n) is 21.2. The van der Waals surface area contributed by atoms with Crippen molar-refractivity contribution in [3.63, 3.8) is 0 Å². The summed E-state index contributed by atoms with van der Waals surface area (Å²) in [5.41, 5.74) is 0.822. The molecule has 3 aromatic rings. The molecule has 38 heavy (non-hydrogen) atoms. The average molecular weight is 519 g/mol. The Kier molecular flexibility index (Phi) is 7.62. The predicted octanol–water partition coefficient (Wildman–Crippen LogP) is 4.54. The van der Waals surface area contributed by atoms with E-state index < -0.39 is 0 Å². The van der Waals surface area contributed by atoms with Gasteiger partial charge >= 0.3 is 0 Å². The highest BCUT2D eigenvalue weighted by Gasteiger charge is 2.28. The molecule has 2 aromatic carbocycles. The van der Waals surface area contributed by atoms with Gasteiger partial charge in [-0.1, -0.05) is 31.4 Å². The average Bonchev–Trinajstić information content (AvgIpc) is 3.42. The molecule has 2 amide bonds. The third-order valence-electron chi connectivity index (χ3n) is 6.79. The van der Waals surface area contributed by atoms with E-state index in [9.17, 15) is 14.4 Å². The molecular weight excluding hydrogens is 488 g/mol. The molecule has 0 spiro atoms. The molecule has 9 heteroatoms. The number of nitrogens with zero attached hydrogens (tertiary/aromatic N) is 1. The van der Waals surface area contributed by atoms with Gasteiger partial charge in [-0.15, -0.1) is 0 Å². The summed E-state index contributed by atoms with van der Waals surface area (Å²) in [7, 11) is 1.53. The maximum absolute atomic E-state index is 12.9. The summed E-state index contributed by atoms with van der Waals surface area (Å²) < 4.78 is 22.3. The van der Waals surface area contributed by atoms with Crippen LogP contribution in [0.4, 0.5) is 5.69 Å². The molecule has 1 fully saturated rings. The van der Waals surface area contributed by atoms with Crippen LogP contribution in [0.15, 0.2) is 59.0 Å². The quantitative estimate of drug-likeness (QED) is 0.415. The number of ketones is 1. The Morgan fingerprint density at radius 3 is 2.61 bits per heavy atom. The second kappa shape index (κ2) is 11.4. The maximum Gasteiger partial charge on any atom is 0.287 e. The van der Waals surface area contributed by atoms with E-state index >= 15 is 0 Å². The van der Waals surface area contributed by atoms with Crippen molar-refractivity contribution in [1.82, 2.24) is 5.32 Å². The normalized spacial score (nSPS) is 15.4. The summed E-state index contributed by atoms with van der Waals surface area (Å²) in [6, 6.07) is 15.5. The van der Waals surface area contributed by atoms with Crippen LogP contribution in [0.25, 0.3) is 0 Å². The number of carbonyl (C=O) groups is 3. The number of ether oxygens (including phenoxy) is 3. The van der Waals surface area contributed by atoms with Crippen molar-refractivity contribution in [3.05, 3.63) is 71.7 Å². The molecule has 5 rings (SSSR count). The lowest BCUT2D eigenvalue weighted by Gasteiger charge is -2.29. The van der Waals surface area contributed by atoms with Gasteiger partial charge in [0.15, 0.2) is 36.3 Å². The Balaban J connectivity index is 1.28. The molecular formula is C29H30N2O7. The van der Waals surface area contributed by atoms with Gasteiger partial charge < -0.3 is 23.9 Å². The van der Waals surface area contributed by atoms with Crippen LogP contribution >= 0.6 is 0 Å². The van der Waals surface area contributed by atoms with Crippen LogP contribution in [-0.4, -0.2) is 44.0 Å². The molecule has 0 bridgehead atoms. The van der Waals surface area contributed by atoms with Crippen molar-refractivity contribution in [2.45, 2.75) is 44.7 Å². The first-order valence-corrected chi connectivity index (χ1v) is 12.8. The highest BCUT2D eigenvalue weighted by Crippen LogP contribution is 2.35. The van der Waals surface area contributed by atoms with Crippen LogP contribution in [0.3, 0.4) is 0 Å². The van der Waals surface area contributed by atoms with Crippen molar-refractivity contribution in [1.29, 1.82) is 0 Å². The summed E-state index contributed by atoms with van der Waals surface area (Å²) in [6.45, 7) is -0.236. The van der Waals surface area contributed by atoms with Crippen molar-refractivity contribution < 1.29 is 33.0 Å². The van der Waals surface area contributed by atoms with Crippen LogP contribution in [0.1, 0.15) is 58.8 Å². The van der Waals surface area contributed by atoms with E-state index in [-0.39, 0.29) is 49.2 Å². The van der Waals surface area contributed by atoms with E-state index in [2.05, 4.69) is 5.32 Å². The first-order chi connectivity index (χ1) is 18.5. The van der Waals surface area contributed by atoms with Gasteiger partial charge in [-0.3, -0.25) is 19.3 Å². The van der Waals surface area contributed by atoms with E-state index in [4.69, 9.17) is 18.6 Å². The number of amides is 2. The zero-order valence-corrected chi connectivity index (χ0v) is 21.2. The smallest absolute Gasteiger partial charge is 0.287 e. The number of anilines is 1. The number of rotatable bonds is 9. The molecule has 1 aromatic heterocycles. The van der Waals surface area contributed by atoms with E-state index in [1.165, 1.54) is 18.4 Å². The van der Waals surface area contributed by atoms with Crippen molar-refractivity contribution in [2.75, 3.05) is 25.2 Å². The van der Waals surface area contributed by atoms with Gasteiger partial charge in [0, 0.05) is 11.6 Å². The molecule has 1 N–H and O–H groups in total. The maximum atomic E-state index is 12.9. The van der Waals surface area contributed by atoms with E-state index in [1.54, 1.807) is 48.5 Å². The molecule has 1 aliphatic carbocycles. The van der Waals surface area contributed by atoms with Crippen molar-refractivity contribution in [3.8, 4) is 17.2 Å². The number of carbonyl (C=O) groups excluding carboxylic acids is 3. The highest BCUT2D eigenvalue weighted by atomic mass is 16.5. The summed E-state index contributed by atoms with van der Waals surface area (Å²) >= 11 is 0. The molecule has 2 heterocycles. The van der Waals surface area contributed by atoms with Gasteiger partial charge in [0.25, 0.3) is 11.8 Å². The number of para-hydroxylation sites is 2. The number of furan rings is 1. The fourth-order valence-electron chi connectivity index (χ4n) is 4.76. The van der Waals surface area contributed by atoms with E-state index in [1.807, 2.05) is 6.07 Å². The van der Waals surface area contributed by atoms with E-state index in [0.29, 0.717) is 34.3 Å². The van der Waals surface area contributed by atoms with Gasteiger partial charge in [-0.05, 0) is 55.3 Å². The van der Waals surface area contributed by atoms with Crippen LogP contribution < -0.4 is 24.4 Å². The van der Waals surface area contributed by atoms with Crippen molar-refractivity contribution >= 4 is 23.3 Å². The number of hydrogen-bond donors (Lipinski definition) is 1. The number of Topliss-reactive ketones (excluding diaryl/α,β-unsaturated/α-hetero) is 1. The number of hydrogen-bond acceptors (Lipinski definition) is 7. The van der Waals surface area contributed by atoms with Gasteiger partial charge in [-0.25, -0.2) is 0 Å². The summed E-state index contributed by atoms with van der Waals surface area (Å²) in [6.07, 6.45) is 5.38.